The van der Waals surface area contributed by atoms with Crippen molar-refractivity contribution in [3.05, 3.63) is 53.3 Å². The van der Waals surface area contributed by atoms with Crippen molar-refractivity contribution in [1.82, 2.24) is 0 Å². The third-order valence-electron chi connectivity index (χ3n) is 4.60. The van der Waals surface area contributed by atoms with Crippen LogP contribution in [0.4, 0.5) is 0 Å². The summed E-state index contributed by atoms with van der Waals surface area (Å²) >= 11 is 14.8. The van der Waals surface area contributed by atoms with Crippen molar-refractivity contribution in [1.29, 1.82) is 0 Å². The molecule has 0 atom stereocenters. The van der Waals surface area contributed by atoms with Crippen LogP contribution in [0.25, 0.3) is 11.1 Å². The highest BCUT2D eigenvalue weighted by atomic mass is 79.9. The molecule has 0 spiro atoms. The number of hydrogen-bond donors (Lipinski definition) is 0. The standard InChI is InChI=1S/C17H14Br4/c1-3-17(4-2)11-5-9(18)7-13(20)15(11)16-12(17)6-10(19)8-14(16)21/h5-8H,3-4H2,1-2H3. The van der Waals surface area contributed by atoms with Crippen molar-refractivity contribution in [2.45, 2.75) is 32.1 Å². The molecule has 0 N–H and O–H groups in total. The van der Waals surface area contributed by atoms with Crippen LogP contribution in [-0.2, 0) is 5.41 Å². The Morgan fingerprint density at radius 1 is 0.714 bits per heavy atom. The fraction of sp³-hybridized carbons (Fsp3) is 0.294. The second-order valence-corrected chi connectivity index (χ2v) is 8.95. The summed E-state index contributed by atoms with van der Waals surface area (Å²) in [5, 5.41) is 0. The number of hydrogen-bond acceptors (Lipinski definition) is 0. The maximum atomic E-state index is 3.77. The van der Waals surface area contributed by atoms with Gasteiger partial charge in [-0.15, -0.1) is 0 Å². The normalized spacial score (nSPS) is 15.0. The Morgan fingerprint density at radius 2 is 1.10 bits per heavy atom. The molecule has 4 heteroatoms. The van der Waals surface area contributed by atoms with E-state index in [2.05, 4.69) is 102 Å². The molecule has 0 bridgehead atoms. The Bertz CT molecular complexity index is 671. The first-order valence-electron chi connectivity index (χ1n) is 6.94. The van der Waals surface area contributed by atoms with Crippen LogP contribution in [0.15, 0.2) is 42.2 Å². The fourth-order valence-corrected chi connectivity index (χ4v) is 6.41. The molecule has 2 aromatic rings. The summed E-state index contributed by atoms with van der Waals surface area (Å²) in [7, 11) is 0. The average molecular weight is 538 g/mol. The maximum Gasteiger partial charge on any atom is 0.0268 e. The number of fused-ring (bicyclic) bond motifs is 3. The largest absolute Gasteiger partial charge is 0.0642 e. The van der Waals surface area contributed by atoms with Crippen LogP contribution in [0.3, 0.4) is 0 Å². The van der Waals surface area contributed by atoms with Gasteiger partial charge in [-0.05, 0) is 48.2 Å². The van der Waals surface area contributed by atoms with Crippen molar-refractivity contribution in [2.75, 3.05) is 0 Å². The molecule has 1 aliphatic rings. The molecule has 0 aromatic heterocycles. The van der Waals surface area contributed by atoms with Gasteiger partial charge < -0.3 is 0 Å². The minimum atomic E-state index is 0.0866. The minimum Gasteiger partial charge on any atom is -0.0642 e. The number of rotatable bonds is 2. The molecule has 0 fully saturated rings. The van der Waals surface area contributed by atoms with E-state index in [1.54, 1.807) is 0 Å². The molecule has 1 aliphatic carbocycles. The molecular formula is C17H14Br4. The predicted molar refractivity (Wildman–Crippen MR) is 104 cm³/mol. The zero-order chi connectivity index (χ0) is 15.4. The van der Waals surface area contributed by atoms with Gasteiger partial charge in [0.15, 0.2) is 0 Å². The summed E-state index contributed by atoms with van der Waals surface area (Å²) in [5.41, 5.74) is 5.58. The van der Waals surface area contributed by atoms with Crippen LogP contribution in [0.1, 0.15) is 37.8 Å². The SMILES string of the molecule is CCC1(CC)c2cc(Br)cc(Br)c2-c2c(Br)cc(Br)cc21. The van der Waals surface area contributed by atoms with Gasteiger partial charge in [-0.2, -0.15) is 0 Å². The second-order valence-electron chi connectivity index (χ2n) is 5.41. The monoisotopic (exact) mass is 534 g/mol. The lowest BCUT2D eigenvalue weighted by atomic mass is 9.74. The highest BCUT2D eigenvalue weighted by molar-refractivity contribution is 9.11. The molecule has 110 valence electrons. The fourth-order valence-electron chi connectivity index (χ4n) is 3.57. The second kappa shape index (κ2) is 5.77. The van der Waals surface area contributed by atoms with E-state index in [9.17, 15) is 0 Å². The summed E-state index contributed by atoms with van der Waals surface area (Å²) < 4.78 is 4.56. The number of benzene rings is 2. The molecule has 0 radical (unpaired) electrons. The van der Waals surface area contributed by atoms with Crippen LogP contribution < -0.4 is 0 Å². The summed E-state index contributed by atoms with van der Waals surface area (Å²) in [5.74, 6) is 0. The van der Waals surface area contributed by atoms with E-state index in [1.807, 2.05) is 0 Å². The van der Waals surface area contributed by atoms with E-state index in [4.69, 9.17) is 0 Å². The number of halogens is 4. The zero-order valence-corrected chi connectivity index (χ0v) is 18.1. The molecule has 0 saturated carbocycles. The Labute approximate surface area is 159 Å². The third-order valence-corrected chi connectivity index (χ3v) is 6.76. The molecule has 21 heavy (non-hydrogen) atoms. The van der Waals surface area contributed by atoms with Gasteiger partial charge in [0.05, 0.1) is 0 Å². The summed E-state index contributed by atoms with van der Waals surface area (Å²) in [6, 6.07) is 8.85. The van der Waals surface area contributed by atoms with Gasteiger partial charge in [0.25, 0.3) is 0 Å². The highest BCUT2D eigenvalue weighted by Crippen LogP contribution is 2.57. The average Bonchev–Trinajstić information content (AvgIpc) is 2.69. The van der Waals surface area contributed by atoms with Crippen LogP contribution in [0, 0.1) is 0 Å². The van der Waals surface area contributed by atoms with E-state index >= 15 is 0 Å². The van der Waals surface area contributed by atoms with E-state index in [-0.39, 0.29) is 5.41 Å². The smallest absolute Gasteiger partial charge is 0.0268 e. The van der Waals surface area contributed by atoms with E-state index < -0.39 is 0 Å². The molecule has 0 saturated heterocycles. The van der Waals surface area contributed by atoms with Crippen molar-refractivity contribution in [2.24, 2.45) is 0 Å². The van der Waals surface area contributed by atoms with Gasteiger partial charge in [0.2, 0.25) is 0 Å². The first kappa shape index (κ1) is 16.2. The van der Waals surface area contributed by atoms with Gasteiger partial charge in [-0.3, -0.25) is 0 Å². The molecule has 0 nitrogen and oxygen atoms in total. The van der Waals surface area contributed by atoms with Crippen molar-refractivity contribution in [3.63, 3.8) is 0 Å². The van der Waals surface area contributed by atoms with Crippen LogP contribution in [-0.4, -0.2) is 0 Å². The van der Waals surface area contributed by atoms with Gasteiger partial charge >= 0.3 is 0 Å². The molecule has 3 rings (SSSR count). The molecule has 0 heterocycles. The third kappa shape index (κ3) is 2.32. The van der Waals surface area contributed by atoms with Crippen molar-refractivity contribution >= 4 is 63.7 Å². The van der Waals surface area contributed by atoms with Gasteiger partial charge in [-0.25, -0.2) is 0 Å². The lowest BCUT2D eigenvalue weighted by Gasteiger charge is -2.30. The molecule has 2 aromatic carbocycles. The Morgan fingerprint density at radius 3 is 1.43 bits per heavy atom. The maximum absolute atomic E-state index is 3.77. The van der Waals surface area contributed by atoms with Crippen molar-refractivity contribution in [3.8, 4) is 11.1 Å². The van der Waals surface area contributed by atoms with E-state index in [0.717, 1.165) is 30.7 Å². The summed E-state index contributed by atoms with van der Waals surface area (Å²) in [6.07, 6.45) is 2.19. The quantitative estimate of drug-likeness (QED) is 0.366. The van der Waals surface area contributed by atoms with Crippen LogP contribution in [0.5, 0.6) is 0 Å². The lowest BCUT2D eigenvalue weighted by Crippen LogP contribution is -2.23. The Kier molecular flexibility index (Phi) is 4.46. The summed E-state index contributed by atoms with van der Waals surface area (Å²) in [6.45, 7) is 4.57. The Hall–Kier alpha value is 0.360. The molecule has 0 aliphatic heterocycles. The topological polar surface area (TPSA) is 0 Å². The first-order valence-corrected chi connectivity index (χ1v) is 10.1. The highest BCUT2D eigenvalue weighted by Gasteiger charge is 2.42. The van der Waals surface area contributed by atoms with E-state index in [1.165, 1.54) is 22.3 Å². The lowest BCUT2D eigenvalue weighted by molar-refractivity contribution is 0.490. The minimum absolute atomic E-state index is 0.0866. The van der Waals surface area contributed by atoms with Gasteiger partial charge in [-0.1, -0.05) is 77.6 Å². The van der Waals surface area contributed by atoms with Gasteiger partial charge in [0.1, 0.15) is 0 Å². The summed E-state index contributed by atoms with van der Waals surface area (Å²) in [4.78, 5) is 0. The van der Waals surface area contributed by atoms with Crippen LogP contribution in [0.2, 0.25) is 0 Å². The van der Waals surface area contributed by atoms with Crippen LogP contribution >= 0.6 is 63.7 Å². The van der Waals surface area contributed by atoms with Gasteiger partial charge in [0, 0.05) is 34.4 Å². The zero-order valence-electron chi connectivity index (χ0n) is 11.7. The molecule has 0 unspecified atom stereocenters. The first-order chi connectivity index (χ1) is 9.94. The Balaban J connectivity index is 2.49. The van der Waals surface area contributed by atoms with Crippen molar-refractivity contribution < 1.29 is 0 Å². The van der Waals surface area contributed by atoms with E-state index in [0.29, 0.717) is 0 Å². The predicted octanol–water partition coefficient (Wildman–Crippen LogP) is 7.82. The molecular weight excluding hydrogens is 524 g/mol. The molecule has 0 amide bonds.